The minimum Gasteiger partial charge on any atom is -0.496 e. The third-order valence-electron chi connectivity index (χ3n) is 5.15. The number of para-hydroxylation sites is 1. The summed E-state index contributed by atoms with van der Waals surface area (Å²) >= 11 is 0. The Kier molecular flexibility index (Phi) is 5.08. The predicted molar refractivity (Wildman–Crippen MR) is 113 cm³/mol. The van der Waals surface area contributed by atoms with Crippen LogP contribution in [0.25, 0.3) is 17.0 Å². The van der Waals surface area contributed by atoms with Gasteiger partial charge in [-0.25, -0.2) is 9.59 Å². The fourth-order valence-corrected chi connectivity index (χ4v) is 3.52. The van der Waals surface area contributed by atoms with E-state index in [9.17, 15) is 9.59 Å². The van der Waals surface area contributed by atoms with Crippen LogP contribution in [-0.2, 0) is 16.0 Å². The highest BCUT2D eigenvalue weighted by molar-refractivity contribution is 5.88. The lowest BCUT2D eigenvalue weighted by atomic mass is 9.90. The Bertz CT molecular complexity index is 1190. The smallest absolute Gasteiger partial charge is 0.336 e. The number of esters is 1. The third kappa shape index (κ3) is 3.94. The maximum absolute atomic E-state index is 12.5. The Morgan fingerprint density at radius 1 is 1.17 bits per heavy atom. The second kappa shape index (κ2) is 7.71. The molecule has 4 rings (SSSR count). The fraction of sp³-hybridized carbons (Fsp3) is 0.250. The van der Waals surface area contributed by atoms with E-state index in [0.29, 0.717) is 23.5 Å². The molecule has 0 saturated heterocycles. The number of ether oxygens (including phenoxy) is 3. The quantitative estimate of drug-likeness (QED) is 0.368. The zero-order valence-electron chi connectivity index (χ0n) is 17.0. The SMILES string of the molecule is COc1ccccc1C=CC(=O)OC1Cc2cc3ccc(=O)oc3cc2OC1(C)C. The molecule has 154 valence electrons. The topological polar surface area (TPSA) is 75.0 Å². The maximum atomic E-state index is 12.5. The van der Waals surface area contributed by atoms with Crippen molar-refractivity contribution in [2.24, 2.45) is 0 Å². The van der Waals surface area contributed by atoms with Crippen LogP contribution in [-0.4, -0.2) is 24.8 Å². The highest BCUT2D eigenvalue weighted by Gasteiger charge is 2.39. The number of benzene rings is 2. The lowest BCUT2D eigenvalue weighted by Crippen LogP contribution is -2.48. The van der Waals surface area contributed by atoms with Gasteiger partial charge in [0, 0.05) is 35.6 Å². The van der Waals surface area contributed by atoms with Crippen LogP contribution in [0.15, 0.2) is 63.8 Å². The van der Waals surface area contributed by atoms with Crippen molar-refractivity contribution in [1.82, 2.24) is 0 Å². The number of rotatable bonds is 4. The Hall–Kier alpha value is -3.54. The standard InChI is InChI=1S/C24H22O6/c1-24(2)21(29-23(26)10-8-15-6-4-5-7-18(15)27-3)13-17-12-16-9-11-22(25)28-19(16)14-20(17)30-24/h4-12,14,21H,13H2,1-3H3. The van der Waals surface area contributed by atoms with E-state index < -0.39 is 23.3 Å². The summed E-state index contributed by atoms with van der Waals surface area (Å²) in [5, 5.41) is 0.790. The molecule has 0 amide bonds. The molecule has 2 aromatic carbocycles. The number of carbonyl (C=O) groups excluding carboxylic acids is 1. The third-order valence-corrected chi connectivity index (χ3v) is 5.15. The van der Waals surface area contributed by atoms with Crippen molar-refractivity contribution in [3.05, 3.63) is 76.2 Å². The molecule has 0 N–H and O–H groups in total. The molecule has 3 aromatic rings. The normalized spacial score (nSPS) is 17.4. The van der Waals surface area contributed by atoms with E-state index in [4.69, 9.17) is 18.6 Å². The van der Waals surface area contributed by atoms with Gasteiger partial charge in [-0.1, -0.05) is 18.2 Å². The van der Waals surface area contributed by atoms with Gasteiger partial charge in [0.25, 0.3) is 0 Å². The molecule has 0 fully saturated rings. The molecule has 0 bridgehead atoms. The maximum Gasteiger partial charge on any atom is 0.336 e. The summed E-state index contributed by atoms with van der Waals surface area (Å²) in [7, 11) is 1.58. The van der Waals surface area contributed by atoms with Crippen LogP contribution < -0.4 is 15.1 Å². The first-order valence-corrected chi connectivity index (χ1v) is 9.63. The van der Waals surface area contributed by atoms with Crippen molar-refractivity contribution < 1.29 is 23.4 Å². The van der Waals surface area contributed by atoms with Gasteiger partial charge >= 0.3 is 11.6 Å². The lowest BCUT2D eigenvalue weighted by Gasteiger charge is -2.39. The lowest BCUT2D eigenvalue weighted by molar-refractivity contribution is -0.155. The fourth-order valence-electron chi connectivity index (χ4n) is 3.52. The highest BCUT2D eigenvalue weighted by Crippen LogP contribution is 2.37. The Morgan fingerprint density at radius 2 is 1.97 bits per heavy atom. The number of hydrogen-bond acceptors (Lipinski definition) is 6. The van der Waals surface area contributed by atoms with Crippen LogP contribution in [0, 0.1) is 0 Å². The Morgan fingerprint density at radius 3 is 2.77 bits per heavy atom. The molecule has 0 spiro atoms. The molecule has 0 radical (unpaired) electrons. The average molecular weight is 406 g/mol. The van der Waals surface area contributed by atoms with E-state index in [1.807, 2.05) is 44.2 Å². The van der Waals surface area contributed by atoms with Crippen LogP contribution in [0.1, 0.15) is 25.0 Å². The number of methoxy groups -OCH3 is 1. The number of hydrogen-bond donors (Lipinski definition) is 0. The summed E-state index contributed by atoms with van der Waals surface area (Å²) in [6.45, 7) is 3.73. The molecule has 6 nitrogen and oxygen atoms in total. The van der Waals surface area contributed by atoms with E-state index >= 15 is 0 Å². The van der Waals surface area contributed by atoms with E-state index in [1.165, 1.54) is 12.1 Å². The first kappa shape index (κ1) is 19.8. The van der Waals surface area contributed by atoms with E-state index in [1.54, 1.807) is 25.3 Å². The molecular formula is C24H22O6. The van der Waals surface area contributed by atoms with Crippen LogP contribution in [0.5, 0.6) is 11.5 Å². The summed E-state index contributed by atoms with van der Waals surface area (Å²) in [6.07, 6.45) is 3.07. The molecule has 2 heterocycles. The van der Waals surface area contributed by atoms with E-state index in [-0.39, 0.29) is 0 Å². The van der Waals surface area contributed by atoms with Crippen LogP contribution in [0.3, 0.4) is 0 Å². The summed E-state index contributed by atoms with van der Waals surface area (Å²) in [6, 6.07) is 14.1. The van der Waals surface area contributed by atoms with Crippen molar-refractivity contribution in [2.45, 2.75) is 32.0 Å². The second-order valence-corrected chi connectivity index (χ2v) is 7.66. The molecule has 1 aromatic heterocycles. The van der Waals surface area contributed by atoms with Crippen LogP contribution >= 0.6 is 0 Å². The molecule has 6 heteroatoms. The molecule has 1 unspecified atom stereocenters. The van der Waals surface area contributed by atoms with Gasteiger partial charge in [-0.05, 0) is 43.7 Å². The van der Waals surface area contributed by atoms with Gasteiger partial charge in [-0.3, -0.25) is 0 Å². The number of fused-ring (bicyclic) bond motifs is 2. The van der Waals surface area contributed by atoms with Gasteiger partial charge in [0.15, 0.2) is 0 Å². The van der Waals surface area contributed by atoms with Gasteiger partial charge in [-0.15, -0.1) is 0 Å². The van der Waals surface area contributed by atoms with Crippen molar-refractivity contribution in [1.29, 1.82) is 0 Å². The van der Waals surface area contributed by atoms with Crippen LogP contribution in [0.4, 0.5) is 0 Å². The molecule has 0 aliphatic carbocycles. The monoisotopic (exact) mass is 406 g/mol. The van der Waals surface area contributed by atoms with Crippen LogP contribution in [0.2, 0.25) is 0 Å². The van der Waals surface area contributed by atoms with Gasteiger partial charge in [0.05, 0.1) is 7.11 Å². The van der Waals surface area contributed by atoms with Crippen molar-refractivity contribution in [2.75, 3.05) is 7.11 Å². The summed E-state index contributed by atoms with van der Waals surface area (Å²) in [4.78, 5) is 24.0. The predicted octanol–water partition coefficient (Wildman–Crippen LogP) is 4.14. The average Bonchev–Trinajstić information content (AvgIpc) is 2.71. The van der Waals surface area contributed by atoms with Gasteiger partial charge < -0.3 is 18.6 Å². The molecule has 0 saturated carbocycles. The van der Waals surface area contributed by atoms with Gasteiger partial charge in [0.2, 0.25) is 0 Å². The molecular weight excluding hydrogens is 384 g/mol. The number of carbonyl (C=O) groups is 1. The first-order chi connectivity index (χ1) is 14.4. The zero-order valence-corrected chi connectivity index (χ0v) is 17.0. The van der Waals surface area contributed by atoms with Crippen molar-refractivity contribution in [3.8, 4) is 11.5 Å². The zero-order chi connectivity index (χ0) is 21.3. The summed E-state index contributed by atoms with van der Waals surface area (Å²) < 4.78 is 22.4. The van der Waals surface area contributed by atoms with E-state index in [2.05, 4.69) is 0 Å². The van der Waals surface area contributed by atoms with Crippen molar-refractivity contribution in [3.63, 3.8) is 0 Å². The van der Waals surface area contributed by atoms with E-state index in [0.717, 1.165) is 16.5 Å². The Balaban J connectivity index is 1.55. The molecule has 30 heavy (non-hydrogen) atoms. The van der Waals surface area contributed by atoms with Gasteiger partial charge in [-0.2, -0.15) is 0 Å². The largest absolute Gasteiger partial charge is 0.496 e. The minimum absolute atomic E-state index is 0.411. The van der Waals surface area contributed by atoms with Gasteiger partial charge in [0.1, 0.15) is 28.8 Å². The molecule has 1 atom stereocenters. The summed E-state index contributed by atoms with van der Waals surface area (Å²) in [5.41, 5.74) is 0.985. The molecule has 1 aliphatic rings. The highest BCUT2D eigenvalue weighted by atomic mass is 16.6. The minimum atomic E-state index is -0.746. The first-order valence-electron chi connectivity index (χ1n) is 9.63. The Labute approximate surface area is 173 Å². The molecule has 1 aliphatic heterocycles. The van der Waals surface area contributed by atoms with Crippen molar-refractivity contribution >= 4 is 23.0 Å². The summed E-state index contributed by atoms with van der Waals surface area (Å²) in [5.74, 6) is 0.840. The second-order valence-electron chi connectivity index (χ2n) is 7.66.